The molecule has 0 saturated carbocycles. The standard InChI is InChI=1S/C14H10BrF2NO/c15-8-9-3-1-4-10(7-9)14(19)18-13-11(16)5-2-6-12(13)17/h1-7H,8H2,(H,18,19). The maximum absolute atomic E-state index is 13.4. The highest BCUT2D eigenvalue weighted by molar-refractivity contribution is 9.08. The molecule has 0 heterocycles. The molecule has 0 radical (unpaired) electrons. The third-order valence-electron chi connectivity index (χ3n) is 2.54. The van der Waals surface area contributed by atoms with Crippen LogP contribution in [0, 0.1) is 11.6 Å². The van der Waals surface area contributed by atoms with Crippen LogP contribution in [0.4, 0.5) is 14.5 Å². The molecule has 1 amide bonds. The van der Waals surface area contributed by atoms with Crippen molar-refractivity contribution in [2.45, 2.75) is 5.33 Å². The molecule has 0 bridgehead atoms. The van der Waals surface area contributed by atoms with Crippen molar-refractivity contribution in [3.05, 3.63) is 65.2 Å². The van der Waals surface area contributed by atoms with Crippen LogP contribution in [0.25, 0.3) is 0 Å². The van der Waals surface area contributed by atoms with Gasteiger partial charge in [0.05, 0.1) is 0 Å². The number of nitrogens with one attached hydrogen (secondary N) is 1. The van der Waals surface area contributed by atoms with Crippen molar-refractivity contribution in [3.63, 3.8) is 0 Å². The Balaban J connectivity index is 2.25. The van der Waals surface area contributed by atoms with Crippen LogP contribution in [0.3, 0.4) is 0 Å². The van der Waals surface area contributed by atoms with Crippen molar-refractivity contribution < 1.29 is 13.6 Å². The Morgan fingerprint density at radius 2 is 1.74 bits per heavy atom. The van der Waals surface area contributed by atoms with E-state index in [1.807, 2.05) is 6.07 Å². The average molecular weight is 326 g/mol. The van der Waals surface area contributed by atoms with Gasteiger partial charge < -0.3 is 5.32 Å². The molecule has 0 spiro atoms. The third kappa shape index (κ3) is 3.17. The second kappa shape index (κ2) is 5.93. The molecular formula is C14H10BrF2NO. The number of carbonyl (C=O) groups excluding carboxylic acids is 1. The SMILES string of the molecule is O=C(Nc1c(F)cccc1F)c1cccc(CBr)c1. The lowest BCUT2D eigenvalue weighted by Crippen LogP contribution is -2.14. The number of anilines is 1. The van der Waals surface area contributed by atoms with E-state index in [0.29, 0.717) is 10.9 Å². The highest BCUT2D eigenvalue weighted by atomic mass is 79.9. The van der Waals surface area contributed by atoms with Crippen LogP contribution < -0.4 is 5.32 Å². The van der Waals surface area contributed by atoms with E-state index in [1.165, 1.54) is 6.07 Å². The van der Waals surface area contributed by atoms with E-state index in [-0.39, 0.29) is 0 Å². The van der Waals surface area contributed by atoms with Gasteiger partial charge in [-0.2, -0.15) is 0 Å². The summed E-state index contributed by atoms with van der Waals surface area (Å²) in [6.45, 7) is 0. The fraction of sp³-hybridized carbons (Fsp3) is 0.0714. The molecule has 0 saturated heterocycles. The first-order chi connectivity index (χ1) is 9.11. The largest absolute Gasteiger partial charge is 0.317 e. The fourth-order valence-corrected chi connectivity index (χ4v) is 1.95. The summed E-state index contributed by atoms with van der Waals surface area (Å²) in [6, 6.07) is 10.2. The van der Waals surface area contributed by atoms with Gasteiger partial charge in [-0.1, -0.05) is 34.1 Å². The van der Waals surface area contributed by atoms with Crippen LogP contribution in [0.2, 0.25) is 0 Å². The predicted octanol–water partition coefficient (Wildman–Crippen LogP) is 4.11. The Hall–Kier alpha value is -1.75. The number of carbonyl (C=O) groups is 1. The molecule has 5 heteroatoms. The first-order valence-corrected chi connectivity index (χ1v) is 6.64. The number of para-hydroxylation sites is 1. The van der Waals surface area contributed by atoms with Crippen LogP contribution >= 0.6 is 15.9 Å². The minimum absolute atomic E-state index is 0.347. The zero-order valence-electron chi connectivity index (χ0n) is 9.79. The molecule has 2 aromatic rings. The Kier molecular flexibility index (Phi) is 4.27. The maximum Gasteiger partial charge on any atom is 0.255 e. The molecule has 0 fully saturated rings. The second-order valence-corrected chi connectivity index (χ2v) is 4.45. The van der Waals surface area contributed by atoms with Gasteiger partial charge in [0.15, 0.2) is 0 Å². The summed E-state index contributed by atoms with van der Waals surface area (Å²) in [7, 11) is 0. The minimum atomic E-state index is -0.801. The Labute approximate surface area is 117 Å². The monoisotopic (exact) mass is 325 g/mol. The van der Waals surface area contributed by atoms with E-state index >= 15 is 0 Å². The van der Waals surface area contributed by atoms with E-state index in [0.717, 1.165) is 17.7 Å². The number of benzene rings is 2. The molecular weight excluding hydrogens is 316 g/mol. The van der Waals surface area contributed by atoms with Crippen molar-refractivity contribution in [2.24, 2.45) is 0 Å². The number of rotatable bonds is 3. The smallest absolute Gasteiger partial charge is 0.255 e. The van der Waals surface area contributed by atoms with E-state index in [9.17, 15) is 13.6 Å². The van der Waals surface area contributed by atoms with Gasteiger partial charge in [-0.05, 0) is 29.8 Å². The Bertz CT molecular complexity index is 596. The Morgan fingerprint density at radius 1 is 1.11 bits per heavy atom. The molecule has 0 atom stereocenters. The number of hydrogen-bond acceptors (Lipinski definition) is 1. The van der Waals surface area contributed by atoms with Crippen LogP contribution in [0.5, 0.6) is 0 Å². The predicted molar refractivity (Wildman–Crippen MR) is 73.4 cm³/mol. The summed E-state index contributed by atoms with van der Waals surface area (Å²) in [4.78, 5) is 11.9. The number of hydrogen-bond donors (Lipinski definition) is 1. The summed E-state index contributed by atoms with van der Waals surface area (Å²) < 4.78 is 26.8. The van der Waals surface area contributed by atoms with Gasteiger partial charge in [-0.25, -0.2) is 8.78 Å². The van der Waals surface area contributed by atoms with Crippen LogP contribution in [0.1, 0.15) is 15.9 Å². The van der Waals surface area contributed by atoms with Crippen LogP contribution in [-0.4, -0.2) is 5.91 Å². The van der Waals surface area contributed by atoms with Gasteiger partial charge >= 0.3 is 0 Å². The summed E-state index contributed by atoms with van der Waals surface area (Å²) in [6.07, 6.45) is 0. The van der Waals surface area contributed by atoms with Gasteiger partial charge in [0, 0.05) is 10.9 Å². The molecule has 1 N–H and O–H groups in total. The first kappa shape index (κ1) is 13.7. The number of alkyl halides is 1. The van der Waals surface area contributed by atoms with Crippen LogP contribution in [-0.2, 0) is 5.33 Å². The number of amides is 1. The highest BCUT2D eigenvalue weighted by Crippen LogP contribution is 2.19. The molecule has 0 unspecified atom stereocenters. The van der Waals surface area contributed by atoms with Gasteiger partial charge in [0.25, 0.3) is 5.91 Å². The fourth-order valence-electron chi connectivity index (χ4n) is 1.60. The van der Waals surface area contributed by atoms with Gasteiger partial charge in [0.1, 0.15) is 17.3 Å². The molecule has 0 aromatic heterocycles. The molecule has 2 nitrogen and oxygen atoms in total. The number of halogens is 3. The quantitative estimate of drug-likeness (QED) is 0.845. The van der Waals surface area contributed by atoms with Crippen LogP contribution in [0.15, 0.2) is 42.5 Å². The zero-order chi connectivity index (χ0) is 13.8. The summed E-state index contributed by atoms with van der Waals surface area (Å²) in [5.41, 5.74) is 0.818. The van der Waals surface area contributed by atoms with E-state index in [2.05, 4.69) is 21.2 Å². The van der Waals surface area contributed by atoms with E-state index in [4.69, 9.17) is 0 Å². The molecule has 0 aliphatic heterocycles. The maximum atomic E-state index is 13.4. The van der Waals surface area contributed by atoms with E-state index in [1.54, 1.807) is 18.2 Å². The van der Waals surface area contributed by atoms with Crippen molar-refractivity contribution in [2.75, 3.05) is 5.32 Å². The van der Waals surface area contributed by atoms with Crippen molar-refractivity contribution >= 4 is 27.5 Å². The van der Waals surface area contributed by atoms with Crippen molar-refractivity contribution in [1.82, 2.24) is 0 Å². The molecule has 2 aromatic carbocycles. The normalized spacial score (nSPS) is 10.3. The molecule has 98 valence electrons. The zero-order valence-corrected chi connectivity index (χ0v) is 11.4. The first-order valence-electron chi connectivity index (χ1n) is 5.52. The lowest BCUT2D eigenvalue weighted by atomic mass is 10.1. The average Bonchev–Trinajstić information content (AvgIpc) is 2.43. The molecule has 19 heavy (non-hydrogen) atoms. The van der Waals surface area contributed by atoms with Gasteiger partial charge in [-0.15, -0.1) is 0 Å². The van der Waals surface area contributed by atoms with Gasteiger partial charge in [0.2, 0.25) is 0 Å². The Morgan fingerprint density at radius 3 is 2.37 bits per heavy atom. The molecule has 0 aliphatic rings. The lowest BCUT2D eigenvalue weighted by Gasteiger charge is -2.08. The summed E-state index contributed by atoms with van der Waals surface area (Å²) in [5, 5.41) is 2.84. The topological polar surface area (TPSA) is 29.1 Å². The lowest BCUT2D eigenvalue weighted by molar-refractivity contribution is 0.102. The summed E-state index contributed by atoms with van der Waals surface area (Å²) in [5.74, 6) is -2.15. The second-order valence-electron chi connectivity index (χ2n) is 3.88. The minimum Gasteiger partial charge on any atom is -0.317 e. The van der Waals surface area contributed by atoms with E-state index < -0.39 is 23.2 Å². The summed E-state index contributed by atoms with van der Waals surface area (Å²) >= 11 is 3.28. The van der Waals surface area contributed by atoms with Gasteiger partial charge in [-0.3, -0.25) is 4.79 Å². The molecule has 0 aliphatic carbocycles. The highest BCUT2D eigenvalue weighted by Gasteiger charge is 2.13. The molecule has 2 rings (SSSR count). The van der Waals surface area contributed by atoms with Crippen molar-refractivity contribution in [1.29, 1.82) is 0 Å². The third-order valence-corrected chi connectivity index (χ3v) is 3.19. The van der Waals surface area contributed by atoms with Crippen molar-refractivity contribution in [3.8, 4) is 0 Å².